The summed E-state index contributed by atoms with van der Waals surface area (Å²) in [6, 6.07) is 0.310. The lowest BCUT2D eigenvalue weighted by molar-refractivity contribution is 0.252. The van der Waals surface area contributed by atoms with Crippen molar-refractivity contribution in [3.05, 3.63) is 40.4 Å². The third-order valence-electron chi connectivity index (χ3n) is 3.14. The third-order valence-corrected chi connectivity index (χ3v) is 4.09. The van der Waals surface area contributed by atoms with Gasteiger partial charge in [0, 0.05) is 42.0 Å². The SMILES string of the molecule is CC(C)c1ncc(CN(C)[C@H](C)c2nccs2)cn1. The molecule has 0 N–H and O–H groups in total. The van der Waals surface area contributed by atoms with E-state index in [1.807, 2.05) is 24.0 Å². The summed E-state index contributed by atoms with van der Waals surface area (Å²) in [6.07, 6.45) is 5.70. The predicted molar refractivity (Wildman–Crippen MR) is 78.1 cm³/mol. The second-order valence-corrected chi connectivity index (χ2v) is 5.99. The fourth-order valence-corrected chi connectivity index (χ4v) is 2.56. The Hall–Kier alpha value is -1.33. The van der Waals surface area contributed by atoms with Gasteiger partial charge in [-0.1, -0.05) is 13.8 Å². The molecule has 0 radical (unpaired) electrons. The molecule has 0 aromatic carbocycles. The van der Waals surface area contributed by atoms with Gasteiger partial charge in [0.15, 0.2) is 0 Å². The molecule has 19 heavy (non-hydrogen) atoms. The van der Waals surface area contributed by atoms with Crippen molar-refractivity contribution in [2.45, 2.75) is 39.3 Å². The van der Waals surface area contributed by atoms with Gasteiger partial charge in [0.05, 0.1) is 6.04 Å². The average molecular weight is 276 g/mol. The molecule has 102 valence electrons. The van der Waals surface area contributed by atoms with Gasteiger partial charge in [0.1, 0.15) is 10.8 Å². The van der Waals surface area contributed by atoms with Crippen LogP contribution >= 0.6 is 11.3 Å². The first kappa shape index (κ1) is 14.1. The van der Waals surface area contributed by atoms with Crippen LogP contribution in [0, 0.1) is 0 Å². The van der Waals surface area contributed by atoms with E-state index in [0.717, 1.165) is 22.9 Å². The van der Waals surface area contributed by atoms with Crippen molar-refractivity contribution in [2.24, 2.45) is 0 Å². The van der Waals surface area contributed by atoms with Crippen molar-refractivity contribution >= 4 is 11.3 Å². The predicted octanol–water partition coefficient (Wildman–Crippen LogP) is 3.25. The molecular formula is C14H20N4S. The Bertz CT molecular complexity index is 493. The van der Waals surface area contributed by atoms with Gasteiger partial charge in [0.2, 0.25) is 0 Å². The van der Waals surface area contributed by atoms with Crippen molar-refractivity contribution in [1.82, 2.24) is 19.9 Å². The number of aromatic nitrogens is 3. The molecule has 0 aliphatic heterocycles. The fraction of sp³-hybridized carbons (Fsp3) is 0.500. The van der Waals surface area contributed by atoms with E-state index >= 15 is 0 Å². The first-order chi connectivity index (χ1) is 9.08. The average Bonchev–Trinajstić information content (AvgIpc) is 2.92. The Morgan fingerprint density at radius 2 is 1.84 bits per heavy atom. The maximum absolute atomic E-state index is 4.40. The van der Waals surface area contributed by atoms with Crippen molar-refractivity contribution in [2.75, 3.05) is 7.05 Å². The van der Waals surface area contributed by atoms with Crippen LogP contribution in [0.5, 0.6) is 0 Å². The first-order valence-corrected chi connectivity index (χ1v) is 7.36. The molecule has 0 unspecified atom stereocenters. The number of rotatable bonds is 5. The fourth-order valence-electron chi connectivity index (χ4n) is 1.80. The molecule has 1 atom stereocenters. The summed E-state index contributed by atoms with van der Waals surface area (Å²) in [4.78, 5) is 15.4. The molecule has 2 aromatic rings. The molecule has 5 heteroatoms. The number of thiazole rings is 1. The molecule has 0 spiro atoms. The summed E-state index contributed by atoms with van der Waals surface area (Å²) in [7, 11) is 2.10. The highest BCUT2D eigenvalue weighted by Gasteiger charge is 2.14. The lowest BCUT2D eigenvalue weighted by Crippen LogP contribution is -2.22. The van der Waals surface area contributed by atoms with Crippen molar-refractivity contribution < 1.29 is 0 Å². The lowest BCUT2D eigenvalue weighted by atomic mass is 10.2. The van der Waals surface area contributed by atoms with Crippen molar-refractivity contribution in [3.63, 3.8) is 0 Å². The lowest BCUT2D eigenvalue weighted by Gasteiger charge is -2.22. The highest BCUT2D eigenvalue weighted by molar-refractivity contribution is 7.09. The van der Waals surface area contributed by atoms with Gasteiger partial charge in [-0.3, -0.25) is 4.90 Å². The molecule has 0 saturated heterocycles. The van der Waals surface area contributed by atoms with Gasteiger partial charge in [0.25, 0.3) is 0 Å². The molecule has 0 saturated carbocycles. The Morgan fingerprint density at radius 1 is 1.16 bits per heavy atom. The van der Waals surface area contributed by atoms with Crippen LogP contribution in [0.3, 0.4) is 0 Å². The van der Waals surface area contributed by atoms with Gasteiger partial charge >= 0.3 is 0 Å². The van der Waals surface area contributed by atoms with E-state index in [9.17, 15) is 0 Å². The van der Waals surface area contributed by atoms with Gasteiger partial charge < -0.3 is 0 Å². The largest absolute Gasteiger partial charge is 0.293 e. The van der Waals surface area contributed by atoms with E-state index < -0.39 is 0 Å². The molecule has 2 aromatic heterocycles. The third kappa shape index (κ3) is 3.58. The molecule has 2 rings (SSSR count). The summed E-state index contributed by atoms with van der Waals surface area (Å²) >= 11 is 1.69. The minimum absolute atomic E-state index is 0.310. The van der Waals surface area contributed by atoms with E-state index in [1.54, 1.807) is 11.3 Å². The number of nitrogens with zero attached hydrogens (tertiary/aromatic N) is 4. The van der Waals surface area contributed by atoms with Crippen LogP contribution in [0.4, 0.5) is 0 Å². The van der Waals surface area contributed by atoms with Gasteiger partial charge in [-0.25, -0.2) is 15.0 Å². The summed E-state index contributed by atoms with van der Waals surface area (Å²) in [5.74, 6) is 1.28. The Kier molecular flexibility index (Phi) is 4.61. The quantitative estimate of drug-likeness (QED) is 0.840. The van der Waals surface area contributed by atoms with Crippen LogP contribution in [0.1, 0.15) is 49.1 Å². The highest BCUT2D eigenvalue weighted by Crippen LogP contribution is 2.22. The standard InChI is InChI=1S/C14H20N4S/c1-10(2)13-16-7-12(8-17-13)9-18(4)11(3)14-15-5-6-19-14/h5-8,10-11H,9H2,1-4H3/t11-/m1/s1. The van der Waals surface area contributed by atoms with E-state index in [2.05, 4.69) is 47.7 Å². The molecule has 4 nitrogen and oxygen atoms in total. The van der Waals surface area contributed by atoms with Crippen LogP contribution in [0.2, 0.25) is 0 Å². The monoisotopic (exact) mass is 276 g/mol. The van der Waals surface area contributed by atoms with E-state index in [1.165, 1.54) is 0 Å². The van der Waals surface area contributed by atoms with Gasteiger partial charge in [-0.05, 0) is 14.0 Å². The van der Waals surface area contributed by atoms with Crippen molar-refractivity contribution in [3.8, 4) is 0 Å². The molecular weight excluding hydrogens is 256 g/mol. The zero-order valence-corrected chi connectivity index (χ0v) is 12.7. The number of hydrogen-bond donors (Lipinski definition) is 0. The Morgan fingerprint density at radius 3 is 2.37 bits per heavy atom. The van der Waals surface area contributed by atoms with Crippen LogP contribution in [0.25, 0.3) is 0 Å². The molecule has 0 aliphatic rings. The van der Waals surface area contributed by atoms with E-state index in [-0.39, 0.29) is 0 Å². The smallest absolute Gasteiger partial charge is 0.130 e. The van der Waals surface area contributed by atoms with Gasteiger partial charge in [-0.15, -0.1) is 11.3 Å². The van der Waals surface area contributed by atoms with E-state index in [4.69, 9.17) is 0 Å². The first-order valence-electron chi connectivity index (χ1n) is 6.48. The molecule has 0 fully saturated rings. The van der Waals surface area contributed by atoms with Crippen LogP contribution in [0.15, 0.2) is 24.0 Å². The zero-order chi connectivity index (χ0) is 13.8. The maximum Gasteiger partial charge on any atom is 0.130 e. The maximum atomic E-state index is 4.40. The highest BCUT2D eigenvalue weighted by atomic mass is 32.1. The van der Waals surface area contributed by atoms with E-state index in [0.29, 0.717) is 12.0 Å². The van der Waals surface area contributed by atoms with Crippen LogP contribution in [-0.2, 0) is 6.54 Å². The van der Waals surface area contributed by atoms with Crippen LogP contribution < -0.4 is 0 Å². The summed E-state index contributed by atoms with van der Waals surface area (Å²) < 4.78 is 0. The summed E-state index contributed by atoms with van der Waals surface area (Å²) in [6.45, 7) is 7.21. The summed E-state index contributed by atoms with van der Waals surface area (Å²) in [5.41, 5.74) is 1.13. The second kappa shape index (κ2) is 6.21. The molecule has 0 bridgehead atoms. The molecule has 2 heterocycles. The summed E-state index contributed by atoms with van der Waals surface area (Å²) in [5, 5.41) is 3.16. The molecule has 0 amide bonds. The Labute approximate surface area is 118 Å². The van der Waals surface area contributed by atoms with Crippen LogP contribution in [-0.4, -0.2) is 26.9 Å². The molecule has 0 aliphatic carbocycles. The van der Waals surface area contributed by atoms with Crippen molar-refractivity contribution in [1.29, 1.82) is 0 Å². The normalized spacial score (nSPS) is 13.2. The topological polar surface area (TPSA) is 41.9 Å². The minimum atomic E-state index is 0.310. The zero-order valence-electron chi connectivity index (χ0n) is 11.9. The van der Waals surface area contributed by atoms with Gasteiger partial charge in [-0.2, -0.15) is 0 Å². The number of hydrogen-bond acceptors (Lipinski definition) is 5. The minimum Gasteiger partial charge on any atom is -0.293 e. The second-order valence-electron chi connectivity index (χ2n) is 5.07. The Balaban J connectivity index is 2.00.